The topological polar surface area (TPSA) is 56.8 Å². The van der Waals surface area contributed by atoms with Crippen molar-refractivity contribution in [2.24, 2.45) is 0 Å². The zero-order chi connectivity index (χ0) is 14.4. The SMILES string of the molecule is CNC(C)c1ccc(OC(C)C(=O)OC)c(OC)c1. The first kappa shape index (κ1) is 15.3. The van der Waals surface area contributed by atoms with Crippen molar-refractivity contribution in [1.29, 1.82) is 0 Å². The number of carbonyl (C=O) groups excluding carboxylic acids is 1. The molecule has 2 atom stereocenters. The lowest BCUT2D eigenvalue weighted by Gasteiger charge is -2.17. The van der Waals surface area contributed by atoms with E-state index < -0.39 is 12.1 Å². The lowest BCUT2D eigenvalue weighted by atomic mass is 10.1. The number of nitrogens with one attached hydrogen (secondary N) is 1. The van der Waals surface area contributed by atoms with Crippen LogP contribution in [0.3, 0.4) is 0 Å². The number of benzene rings is 1. The molecule has 1 N–H and O–H groups in total. The molecule has 0 saturated heterocycles. The number of methoxy groups -OCH3 is 2. The average Bonchev–Trinajstić information content (AvgIpc) is 2.45. The molecule has 106 valence electrons. The molecule has 0 saturated carbocycles. The van der Waals surface area contributed by atoms with Crippen LogP contribution in [0.1, 0.15) is 25.5 Å². The predicted octanol–water partition coefficient (Wildman–Crippen LogP) is 1.92. The highest BCUT2D eigenvalue weighted by Gasteiger charge is 2.17. The van der Waals surface area contributed by atoms with Crippen LogP contribution in [-0.4, -0.2) is 33.3 Å². The molecule has 5 heteroatoms. The Hall–Kier alpha value is -1.75. The van der Waals surface area contributed by atoms with E-state index in [1.807, 2.05) is 26.1 Å². The number of hydrogen-bond acceptors (Lipinski definition) is 5. The van der Waals surface area contributed by atoms with Crippen LogP contribution in [0.2, 0.25) is 0 Å². The molecule has 0 aliphatic carbocycles. The van der Waals surface area contributed by atoms with Gasteiger partial charge in [0.2, 0.25) is 0 Å². The van der Waals surface area contributed by atoms with E-state index >= 15 is 0 Å². The third-order valence-corrected chi connectivity index (χ3v) is 2.96. The van der Waals surface area contributed by atoms with Gasteiger partial charge in [0, 0.05) is 6.04 Å². The summed E-state index contributed by atoms with van der Waals surface area (Å²) >= 11 is 0. The second-order valence-corrected chi connectivity index (χ2v) is 4.20. The Morgan fingerprint density at radius 2 is 1.89 bits per heavy atom. The fourth-order valence-corrected chi connectivity index (χ4v) is 1.62. The van der Waals surface area contributed by atoms with E-state index in [1.54, 1.807) is 20.1 Å². The van der Waals surface area contributed by atoms with Crippen molar-refractivity contribution in [1.82, 2.24) is 5.32 Å². The van der Waals surface area contributed by atoms with Gasteiger partial charge in [-0.15, -0.1) is 0 Å². The summed E-state index contributed by atoms with van der Waals surface area (Å²) in [4.78, 5) is 11.3. The van der Waals surface area contributed by atoms with Crippen LogP contribution in [0.4, 0.5) is 0 Å². The summed E-state index contributed by atoms with van der Waals surface area (Å²) in [6.45, 7) is 3.68. The molecule has 0 heterocycles. The van der Waals surface area contributed by atoms with Gasteiger partial charge in [0.1, 0.15) is 0 Å². The van der Waals surface area contributed by atoms with Crippen molar-refractivity contribution in [3.8, 4) is 11.5 Å². The summed E-state index contributed by atoms with van der Waals surface area (Å²) in [5.41, 5.74) is 1.08. The van der Waals surface area contributed by atoms with Crippen molar-refractivity contribution in [2.45, 2.75) is 26.0 Å². The minimum Gasteiger partial charge on any atom is -0.493 e. The van der Waals surface area contributed by atoms with Crippen LogP contribution in [0.5, 0.6) is 11.5 Å². The molecule has 0 bridgehead atoms. The Morgan fingerprint density at radius 1 is 1.21 bits per heavy atom. The first-order valence-electron chi connectivity index (χ1n) is 6.13. The summed E-state index contributed by atoms with van der Waals surface area (Å²) in [7, 11) is 4.79. The van der Waals surface area contributed by atoms with E-state index in [4.69, 9.17) is 9.47 Å². The maximum absolute atomic E-state index is 11.3. The van der Waals surface area contributed by atoms with Crippen LogP contribution < -0.4 is 14.8 Å². The van der Waals surface area contributed by atoms with Crippen LogP contribution in [0.15, 0.2) is 18.2 Å². The first-order chi connectivity index (χ1) is 9.03. The molecule has 0 amide bonds. The molecular weight excluding hydrogens is 246 g/mol. The normalized spacial score (nSPS) is 13.5. The standard InChI is InChI=1S/C14H21NO4/c1-9(15-3)11-6-7-12(13(8-11)17-4)19-10(2)14(16)18-5/h6-10,15H,1-5H3. The fourth-order valence-electron chi connectivity index (χ4n) is 1.62. The molecule has 5 nitrogen and oxygen atoms in total. The van der Waals surface area contributed by atoms with Gasteiger partial charge in [-0.3, -0.25) is 0 Å². The maximum atomic E-state index is 11.3. The number of rotatable bonds is 6. The second kappa shape index (κ2) is 6.99. The van der Waals surface area contributed by atoms with Crippen molar-refractivity contribution in [2.75, 3.05) is 21.3 Å². The molecule has 0 aliphatic heterocycles. The molecule has 1 aromatic rings. The molecular formula is C14H21NO4. The van der Waals surface area contributed by atoms with Crippen molar-refractivity contribution in [3.05, 3.63) is 23.8 Å². The Bertz CT molecular complexity index is 433. The van der Waals surface area contributed by atoms with Gasteiger partial charge in [-0.25, -0.2) is 4.79 Å². The van der Waals surface area contributed by atoms with Crippen molar-refractivity contribution >= 4 is 5.97 Å². The molecule has 0 aromatic heterocycles. The average molecular weight is 267 g/mol. The number of esters is 1. The largest absolute Gasteiger partial charge is 0.493 e. The van der Waals surface area contributed by atoms with Gasteiger partial charge in [0.15, 0.2) is 17.6 Å². The van der Waals surface area contributed by atoms with E-state index in [-0.39, 0.29) is 6.04 Å². The first-order valence-corrected chi connectivity index (χ1v) is 6.13. The third-order valence-electron chi connectivity index (χ3n) is 2.96. The van der Waals surface area contributed by atoms with Gasteiger partial charge in [0.05, 0.1) is 14.2 Å². The van der Waals surface area contributed by atoms with Crippen LogP contribution in [-0.2, 0) is 9.53 Å². The molecule has 0 fully saturated rings. The lowest BCUT2D eigenvalue weighted by Crippen LogP contribution is -2.25. The van der Waals surface area contributed by atoms with Crippen LogP contribution >= 0.6 is 0 Å². The highest BCUT2D eigenvalue weighted by Crippen LogP contribution is 2.31. The zero-order valence-corrected chi connectivity index (χ0v) is 12.0. The molecule has 2 unspecified atom stereocenters. The summed E-state index contributed by atoms with van der Waals surface area (Å²) in [5, 5.41) is 3.15. The van der Waals surface area contributed by atoms with Gasteiger partial charge < -0.3 is 19.5 Å². The van der Waals surface area contributed by atoms with Gasteiger partial charge in [-0.1, -0.05) is 6.07 Å². The summed E-state index contributed by atoms with van der Waals surface area (Å²) in [5.74, 6) is 0.692. The number of carbonyl (C=O) groups is 1. The molecule has 0 aliphatic rings. The van der Waals surface area contributed by atoms with Gasteiger partial charge >= 0.3 is 5.97 Å². The zero-order valence-electron chi connectivity index (χ0n) is 12.0. The Kier molecular flexibility index (Phi) is 5.63. The maximum Gasteiger partial charge on any atom is 0.346 e. The highest BCUT2D eigenvalue weighted by atomic mass is 16.6. The van der Waals surface area contributed by atoms with Gasteiger partial charge in [-0.2, -0.15) is 0 Å². The molecule has 1 aromatic carbocycles. The Morgan fingerprint density at radius 3 is 2.42 bits per heavy atom. The predicted molar refractivity (Wildman–Crippen MR) is 72.6 cm³/mol. The smallest absolute Gasteiger partial charge is 0.346 e. The van der Waals surface area contributed by atoms with Crippen LogP contribution in [0.25, 0.3) is 0 Å². The fraction of sp³-hybridized carbons (Fsp3) is 0.500. The van der Waals surface area contributed by atoms with Crippen molar-refractivity contribution < 1.29 is 19.0 Å². The summed E-state index contributed by atoms with van der Waals surface area (Å²) in [6.07, 6.45) is -0.675. The van der Waals surface area contributed by atoms with E-state index in [1.165, 1.54) is 7.11 Å². The number of hydrogen-bond donors (Lipinski definition) is 1. The Balaban J connectivity index is 2.93. The van der Waals surface area contributed by atoms with Gasteiger partial charge in [-0.05, 0) is 38.6 Å². The van der Waals surface area contributed by atoms with E-state index in [0.29, 0.717) is 11.5 Å². The quantitative estimate of drug-likeness (QED) is 0.798. The van der Waals surface area contributed by atoms with Crippen LogP contribution in [0, 0.1) is 0 Å². The summed E-state index contributed by atoms with van der Waals surface area (Å²) < 4.78 is 15.4. The Labute approximate surface area is 113 Å². The van der Waals surface area contributed by atoms with Crippen molar-refractivity contribution in [3.63, 3.8) is 0 Å². The minimum atomic E-state index is -0.675. The summed E-state index contributed by atoms with van der Waals surface area (Å²) in [6, 6.07) is 5.83. The molecule has 19 heavy (non-hydrogen) atoms. The van der Waals surface area contributed by atoms with E-state index in [0.717, 1.165) is 5.56 Å². The second-order valence-electron chi connectivity index (χ2n) is 4.20. The van der Waals surface area contributed by atoms with Gasteiger partial charge in [0.25, 0.3) is 0 Å². The minimum absolute atomic E-state index is 0.209. The monoisotopic (exact) mass is 267 g/mol. The molecule has 1 rings (SSSR count). The molecule has 0 spiro atoms. The third kappa shape index (κ3) is 3.86. The highest BCUT2D eigenvalue weighted by molar-refractivity contribution is 5.74. The van der Waals surface area contributed by atoms with E-state index in [9.17, 15) is 4.79 Å². The number of ether oxygens (including phenoxy) is 3. The molecule has 0 radical (unpaired) electrons. The lowest BCUT2D eigenvalue weighted by molar-refractivity contribution is -0.147. The van der Waals surface area contributed by atoms with E-state index in [2.05, 4.69) is 10.1 Å².